The lowest BCUT2D eigenvalue weighted by molar-refractivity contribution is -0.131. The van der Waals surface area contributed by atoms with E-state index < -0.39 is 0 Å². The van der Waals surface area contributed by atoms with Gasteiger partial charge in [0, 0.05) is 19.6 Å². The minimum absolute atomic E-state index is 0.235. The standard InChI is InChI=1S/C14H29N3O/c1-12(2)7-10-17(13-5-6-13)11-14(18)16(3)9-4-8-15/h12-13H,4-11,15H2,1-3H3. The number of carbonyl (C=O) groups excluding carboxylic acids is 1. The highest BCUT2D eigenvalue weighted by Crippen LogP contribution is 2.27. The molecule has 0 saturated heterocycles. The highest BCUT2D eigenvalue weighted by molar-refractivity contribution is 5.78. The van der Waals surface area contributed by atoms with Crippen molar-refractivity contribution in [3.8, 4) is 0 Å². The number of amides is 1. The van der Waals surface area contributed by atoms with Crippen molar-refractivity contribution >= 4 is 5.91 Å². The van der Waals surface area contributed by atoms with Crippen molar-refractivity contribution in [1.29, 1.82) is 0 Å². The number of nitrogens with two attached hydrogens (primary N) is 1. The maximum Gasteiger partial charge on any atom is 0.236 e. The maximum absolute atomic E-state index is 12.1. The summed E-state index contributed by atoms with van der Waals surface area (Å²) in [5, 5.41) is 0. The third kappa shape index (κ3) is 5.83. The number of likely N-dealkylation sites (N-methyl/N-ethyl adjacent to an activating group) is 1. The fourth-order valence-electron chi connectivity index (χ4n) is 2.00. The summed E-state index contributed by atoms with van der Waals surface area (Å²) in [7, 11) is 1.88. The second-order valence-corrected chi connectivity index (χ2v) is 5.84. The second-order valence-electron chi connectivity index (χ2n) is 5.84. The fourth-order valence-corrected chi connectivity index (χ4v) is 2.00. The molecule has 1 aliphatic carbocycles. The summed E-state index contributed by atoms with van der Waals surface area (Å²) >= 11 is 0. The first kappa shape index (κ1) is 15.4. The highest BCUT2D eigenvalue weighted by Gasteiger charge is 2.30. The zero-order chi connectivity index (χ0) is 13.5. The highest BCUT2D eigenvalue weighted by atomic mass is 16.2. The predicted molar refractivity (Wildman–Crippen MR) is 75.4 cm³/mol. The number of nitrogens with zero attached hydrogens (tertiary/aromatic N) is 2. The first-order chi connectivity index (χ1) is 8.54. The number of rotatable bonds is 9. The van der Waals surface area contributed by atoms with Crippen LogP contribution in [0.5, 0.6) is 0 Å². The molecule has 1 aliphatic rings. The topological polar surface area (TPSA) is 49.6 Å². The van der Waals surface area contributed by atoms with Crippen molar-refractivity contribution in [3.05, 3.63) is 0 Å². The summed E-state index contributed by atoms with van der Waals surface area (Å²) in [4.78, 5) is 16.3. The van der Waals surface area contributed by atoms with Crippen molar-refractivity contribution in [3.63, 3.8) is 0 Å². The van der Waals surface area contributed by atoms with Gasteiger partial charge in [0.25, 0.3) is 0 Å². The average molecular weight is 255 g/mol. The van der Waals surface area contributed by atoms with E-state index in [0.29, 0.717) is 25.0 Å². The molecule has 0 radical (unpaired) electrons. The van der Waals surface area contributed by atoms with Gasteiger partial charge in [0.2, 0.25) is 5.91 Å². The van der Waals surface area contributed by atoms with Crippen molar-refractivity contribution < 1.29 is 4.79 Å². The summed E-state index contributed by atoms with van der Waals surface area (Å²) in [6, 6.07) is 0.663. The van der Waals surface area contributed by atoms with Crippen LogP contribution in [0.2, 0.25) is 0 Å². The van der Waals surface area contributed by atoms with Gasteiger partial charge in [-0.2, -0.15) is 0 Å². The Morgan fingerprint density at radius 2 is 2.00 bits per heavy atom. The summed E-state index contributed by atoms with van der Waals surface area (Å²) in [5.74, 6) is 0.940. The molecule has 0 spiro atoms. The molecule has 2 N–H and O–H groups in total. The molecule has 0 aromatic rings. The second kappa shape index (κ2) is 7.74. The Labute approximate surface area is 111 Å². The quantitative estimate of drug-likeness (QED) is 0.676. The molecule has 1 amide bonds. The van der Waals surface area contributed by atoms with Gasteiger partial charge in [-0.3, -0.25) is 9.69 Å². The van der Waals surface area contributed by atoms with Gasteiger partial charge in [-0.1, -0.05) is 13.8 Å². The monoisotopic (exact) mass is 255 g/mol. The lowest BCUT2D eigenvalue weighted by atomic mass is 10.1. The van der Waals surface area contributed by atoms with Crippen LogP contribution < -0.4 is 5.73 Å². The molecule has 1 saturated carbocycles. The molecule has 0 heterocycles. The molecule has 0 unspecified atom stereocenters. The summed E-state index contributed by atoms with van der Waals surface area (Å²) in [6.45, 7) is 7.53. The minimum atomic E-state index is 0.235. The third-order valence-electron chi connectivity index (χ3n) is 3.52. The van der Waals surface area contributed by atoms with Crippen LogP contribution in [0.15, 0.2) is 0 Å². The normalized spacial score (nSPS) is 15.4. The largest absolute Gasteiger partial charge is 0.345 e. The van der Waals surface area contributed by atoms with Crippen molar-refractivity contribution in [2.24, 2.45) is 11.7 Å². The van der Waals surface area contributed by atoms with Crippen LogP contribution in [-0.2, 0) is 4.79 Å². The van der Waals surface area contributed by atoms with E-state index in [1.165, 1.54) is 19.3 Å². The summed E-state index contributed by atoms with van der Waals surface area (Å²) in [5.41, 5.74) is 5.47. The fraction of sp³-hybridized carbons (Fsp3) is 0.929. The van der Waals surface area contributed by atoms with Crippen molar-refractivity contribution in [2.75, 3.05) is 33.2 Å². The van der Waals surface area contributed by atoms with E-state index in [4.69, 9.17) is 5.73 Å². The molecule has 106 valence electrons. The zero-order valence-electron chi connectivity index (χ0n) is 12.2. The molecular weight excluding hydrogens is 226 g/mol. The zero-order valence-corrected chi connectivity index (χ0v) is 12.2. The molecule has 4 heteroatoms. The molecule has 0 aromatic heterocycles. The summed E-state index contributed by atoms with van der Waals surface area (Å²) in [6.07, 6.45) is 4.59. The van der Waals surface area contributed by atoms with E-state index in [1.54, 1.807) is 0 Å². The van der Waals surface area contributed by atoms with E-state index in [9.17, 15) is 4.79 Å². The van der Waals surface area contributed by atoms with Crippen LogP contribution in [0, 0.1) is 5.92 Å². The minimum Gasteiger partial charge on any atom is -0.345 e. The van der Waals surface area contributed by atoms with E-state index in [1.807, 2.05) is 11.9 Å². The number of carbonyl (C=O) groups is 1. The SMILES string of the molecule is CC(C)CCN(CC(=O)N(C)CCCN)C1CC1. The molecular formula is C14H29N3O. The molecule has 4 nitrogen and oxygen atoms in total. The van der Waals surface area contributed by atoms with Crippen LogP contribution in [0.3, 0.4) is 0 Å². The van der Waals surface area contributed by atoms with Crippen molar-refractivity contribution in [2.45, 2.75) is 45.6 Å². The van der Waals surface area contributed by atoms with Gasteiger partial charge in [0.05, 0.1) is 6.54 Å². The van der Waals surface area contributed by atoms with Crippen LogP contribution in [0.25, 0.3) is 0 Å². The summed E-state index contributed by atoms with van der Waals surface area (Å²) < 4.78 is 0. The Bertz CT molecular complexity index is 251. The number of hydrogen-bond donors (Lipinski definition) is 1. The molecule has 0 atom stereocenters. The number of hydrogen-bond acceptors (Lipinski definition) is 3. The lowest BCUT2D eigenvalue weighted by Crippen LogP contribution is -2.40. The van der Waals surface area contributed by atoms with Crippen LogP contribution in [0.4, 0.5) is 0 Å². The van der Waals surface area contributed by atoms with Gasteiger partial charge in [-0.05, 0) is 44.7 Å². The molecule has 1 fully saturated rings. The van der Waals surface area contributed by atoms with Crippen LogP contribution >= 0.6 is 0 Å². The average Bonchev–Trinajstić information content (AvgIpc) is 3.14. The third-order valence-corrected chi connectivity index (χ3v) is 3.52. The Morgan fingerprint density at radius 1 is 1.33 bits per heavy atom. The van der Waals surface area contributed by atoms with Crippen molar-refractivity contribution in [1.82, 2.24) is 9.80 Å². The van der Waals surface area contributed by atoms with Gasteiger partial charge < -0.3 is 10.6 Å². The van der Waals surface area contributed by atoms with Gasteiger partial charge in [0.1, 0.15) is 0 Å². The van der Waals surface area contributed by atoms with E-state index in [-0.39, 0.29) is 5.91 Å². The predicted octanol–water partition coefficient (Wildman–Crippen LogP) is 1.30. The molecule has 18 heavy (non-hydrogen) atoms. The van der Waals surface area contributed by atoms with E-state index in [2.05, 4.69) is 18.7 Å². The first-order valence-corrected chi connectivity index (χ1v) is 7.22. The maximum atomic E-state index is 12.1. The molecule has 1 rings (SSSR count). The Hall–Kier alpha value is -0.610. The lowest BCUT2D eigenvalue weighted by Gasteiger charge is -2.25. The van der Waals surface area contributed by atoms with Crippen LogP contribution in [-0.4, -0.2) is 55.0 Å². The van der Waals surface area contributed by atoms with Crippen LogP contribution in [0.1, 0.15) is 39.5 Å². The molecule has 0 aliphatic heterocycles. The molecule has 0 bridgehead atoms. The van der Waals surface area contributed by atoms with Gasteiger partial charge in [-0.25, -0.2) is 0 Å². The smallest absolute Gasteiger partial charge is 0.236 e. The first-order valence-electron chi connectivity index (χ1n) is 7.22. The van der Waals surface area contributed by atoms with Gasteiger partial charge >= 0.3 is 0 Å². The van der Waals surface area contributed by atoms with Gasteiger partial charge in [0.15, 0.2) is 0 Å². The Kier molecular flexibility index (Phi) is 6.65. The van der Waals surface area contributed by atoms with E-state index >= 15 is 0 Å². The van der Waals surface area contributed by atoms with Gasteiger partial charge in [-0.15, -0.1) is 0 Å². The Morgan fingerprint density at radius 3 is 2.50 bits per heavy atom. The Balaban J connectivity index is 2.33. The molecule has 0 aromatic carbocycles. The van der Waals surface area contributed by atoms with E-state index in [0.717, 1.165) is 19.5 Å².